The predicted molar refractivity (Wildman–Crippen MR) is 96.2 cm³/mol. The lowest BCUT2D eigenvalue weighted by atomic mass is 10.1. The average Bonchev–Trinajstić information content (AvgIpc) is 3.18. The van der Waals surface area contributed by atoms with Crippen molar-refractivity contribution in [1.82, 2.24) is 4.73 Å². The number of hydrogen-bond donors (Lipinski definition) is 2. The molecule has 6 nitrogen and oxygen atoms in total. The number of para-hydroxylation sites is 3. The predicted octanol–water partition coefficient (Wildman–Crippen LogP) is 0.734. The third-order valence-electron chi connectivity index (χ3n) is 5.23. The van der Waals surface area contributed by atoms with Crippen molar-refractivity contribution < 1.29 is 23.8 Å². The summed E-state index contributed by atoms with van der Waals surface area (Å²) in [6.45, 7) is 0.779. The molecule has 0 bridgehead atoms. The molecule has 1 aliphatic rings. The molecule has 5 aromatic rings. The number of fused-ring (bicyclic) bond motifs is 6. The van der Waals surface area contributed by atoms with E-state index in [2.05, 4.69) is 39.3 Å². The van der Waals surface area contributed by atoms with Crippen LogP contribution in [-0.2, 0) is 6.54 Å². The van der Waals surface area contributed by atoms with Crippen molar-refractivity contribution in [2.75, 3.05) is 0 Å². The molecule has 3 aromatic heterocycles. The minimum absolute atomic E-state index is 0.779. The Morgan fingerprint density at radius 2 is 1.65 bits per heavy atom. The molecule has 0 saturated carbocycles. The first kappa shape index (κ1) is 14.1. The van der Waals surface area contributed by atoms with Gasteiger partial charge in [0.05, 0.1) is 5.39 Å². The Morgan fingerprint density at radius 1 is 0.923 bits per heavy atom. The number of benzene rings is 2. The van der Waals surface area contributed by atoms with Gasteiger partial charge in [-0.2, -0.15) is 0 Å². The molecule has 0 spiro atoms. The van der Waals surface area contributed by atoms with Crippen molar-refractivity contribution >= 4 is 45.8 Å². The van der Waals surface area contributed by atoms with Crippen LogP contribution in [0.4, 0.5) is 0 Å². The summed E-state index contributed by atoms with van der Waals surface area (Å²) >= 11 is 0. The van der Waals surface area contributed by atoms with Gasteiger partial charge in [0.1, 0.15) is 5.52 Å². The Hall–Kier alpha value is -3.16. The van der Waals surface area contributed by atoms with E-state index in [1.165, 1.54) is 15.8 Å². The van der Waals surface area contributed by atoms with Crippen LogP contribution in [0.1, 0.15) is 5.56 Å². The fourth-order valence-corrected chi connectivity index (χ4v) is 4.32. The normalized spacial score (nSPS) is 12.8. The van der Waals surface area contributed by atoms with Gasteiger partial charge >= 0.3 is 13.0 Å². The van der Waals surface area contributed by atoms with Crippen LogP contribution in [0.5, 0.6) is 0 Å². The molecule has 0 amide bonds. The van der Waals surface area contributed by atoms with Gasteiger partial charge in [-0.1, -0.05) is 28.7 Å². The van der Waals surface area contributed by atoms with E-state index in [1.54, 1.807) is 6.20 Å². The van der Waals surface area contributed by atoms with E-state index in [9.17, 15) is 10.0 Å². The topological polar surface area (TPSA) is 62.6 Å². The van der Waals surface area contributed by atoms with Gasteiger partial charge in [-0.3, -0.25) is 0 Å². The molecule has 4 heterocycles. The Labute approximate surface area is 147 Å². The highest BCUT2D eigenvalue weighted by molar-refractivity contribution is 6.33. The lowest BCUT2D eigenvalue weighted by Crippen LogP contribution is -2.34. The van der Waals surface area contributed by atoms with Gasteiger partial charge in [0.25, 0.3) is 11.0 Å². The first-order valence-corrected chi connectivity index (χ1v) is 8.48. The van der Waals surface area contributed by atoms with E-state index in [1.807, 2.05) is 24.3 Å². The Balaban J connectivity index is 1.97. The molecule has 0 atom stereocenters. The molecule has 0 saturated heterocycles. The van der Waals surface area contributed by atoms with E-state index >= 15 is 0 Å². The minimum atomic E-state index is -1.89. The van der Waals surface area contributed by atoms with Crippen LogP contribution in [-0.4, -0.2) is 22.1 Å². The first-order chi connectivity index (χ1) is 12.7. The van der Waals surface area contributed by atoms with Gasteiger partial charge in [0.15, 0.2) is 11.9 Å². The molecular weight excluding hydrogens is 329 g/mol. The number of aromatic nitrogens is 3. The quantitative estimate of drug-likeness (QED) is 0.277. The summed E-state index contributed by atoms with van der Waals surface area (Å²) in [5, 5.41) is 20.8. The van der Waals surface area contributed by atoms with Crippen LogP contribution >= 0.6 is 0 Å². The third-order valence-corrected chi connectivity index (χ3v) is 5.23. The summed E-state index contributed by atoms with van der Waals surface area (Å²) < 4.78 is 11.3. The van der Waals surface area contributed by atoms with Crippen molar-refractivity contribution in [3.63, 3.8) is 0 Å². The molecular formula is C19H14BN3O3+2. The SMILES string of the molecule is OB(O)On1ccc2c3c1c1ccccc1[n+]1c4ccccc4[n+](c31)C2. The van der Waals surface area contributed by atoms with E-state index in [-0.39, 0.29) is 0 Å². The molecule has 0 radical (unpaired) electrons. The van der Waals surface area contributed by atoms with Gasteiger partial charge in [0.2, 0.25) is 5.52 Å². The number of hydrogen-bond acceptors (Lipinski definition) is 3. The molecule has 7 heteroatoms. The van der Waals surface area contributed by atoms with Crippen LogP contribution < -0.4 is 13.7 Å². The number of rotatable bonds is 2. The highest BCUT2D eigenvalue weighted by atomic mass is 16.7. The molecule has 0 fully saturated rings. The van der Waals surface area contributed by atoms with Crippen molar-refractivity contribution in [1.29, 1.82) is 0 Å². The fraction of sp³-hybridized carbons (Fsp3) is 0.0526. The maximum absolute atomic E-state index is 9.35. The zero-order valence-electron chi connectivity index (χ0n) is 13.7. The number of pyridine rings is 2. The number of nitrogens with zero attached hydrogens (tertiary/aromatic N) is 3. The van der Waals surface area contributed by atoms with Crippen molar-refractivity contribution in [3.8, 4) is 0 Å². The largest absolute Gasteiger partial charge is 0.728 e. The van der Waals surface area contributed by atoms with Crippen LogP contribution in [0.25, 0.3) is 38.5 Å². The second-order valence-electron chi connectivity index (χ2n) is 6.57. The maximum Gasteiger partial charge on any atom is 0.728 e. The Kier molecular flexibility index (Phi) is 2.55. The standard InChI is InChI=1S/C19H14BN3O3/c24-20(25)26-22-10-9-12-11-21-15-7-3-4-8-16(15)23-14-6-2-1-5-13(14)18(22)17(12)19(21)23/h1-10,24-25H,11H2/q+2. The van der Waals surface area contributed by atoms with Crippen LogP contribution in [0, 0.1) is 0 Å². The van der Waals surface area contributed by atoms with Gasteiger partial charge in [-0.15, -0.1) is 4.57 Å². The fourth-order valence-electron chi connectivity index (χ4n) is 4.32. The number of imidazole rings is 1. The monoisotopic (exact) mass is 343 g/mol. The maximum atomic E-state index is 9.35. The first-order valence-electron chi connectivity index (χ1n) is 8.48. The van der Waals surface area contributed by atoms with E-state index in [0.29, 0.717) is 0 Å². The van der Waals surface area contributed by atoms with Crippen molar-refractivity contribution in [3.05, 3.63) is 66.4 Å². The van der Waals surface area contributed by atoms with E-state index in [0.717, 1.165) is 39.5 Å². The molecule has 6 rings (SSSR count). The van der Waals surface area contributed by atoms with Crippen molar-refractivity contribution in [2.45, 2.75) is 6.54 Å². The summed E-state index contributed by atoms with van der Waals surface area (Å²) in [5.41, 5.74) is 6.51. The van der Waals surface area contributed by atoms with E-state index < -0.39 is 7.32 Å². The van der Waals surface area contributed by atoms with Gasteiger partial charge < -0.3 is 14.8 Å². The molecule has 0 unspecified atom stereocenters. The van der Waals surface area contributed by atoms with Crippen LogP contribution in [0.15, 0.2) is 60.8 Å². The molecule has 1 aliphatic heterocycles. The average molecular weight is 343 g/mol. The highest BCUT2D eigenvalue weighted by Crippen LogP contribution is 2.32. The summed E-state index contributed by atoms with van der Waals surface area (Å²) in [7, 11) is -1.89. The minimum Gasteiger partial charge on any atom is -0.421 e. The molecule has 2 aromatic carbocycles. The third kappa shape index (κ3) is 1.59. The summed E-state index contributed by atoms with van der Waals surface area (Å²) in [4.78, 5) is 0. The summed E-state index contributed by atoms with van der Waals surface area (Å²) in [6, 6.07) is 18.5. The lowest BCUT2D eigenvalue weighted by molar-refractivity contribution is -0.668. The van der Waals surface area contributed by atoms with Gasteiger partial charge in [0, 0.05) is 30.0 Å². The Morgan fingerprint density at radius 3 is 2.46 bits per heavy atom. The van der Waals surface area contributed by atoms with Gasteiger partial charge in [-0.05, 0) is 12.1 Å². The van der Waals surface area contributed by atoms with E-state index in [4.69, 9.17) is 4.76 Å². The zero-order chi connectivity index (χ0) is 17.4. The molecule has 2 N–H and O–H groups in total. The Bertz CT molecular complexity index is 1380. The molecule has 0 aliphatic carbocycles. The molecule has 26 heavy (non-hydrogen) atoms. The van der Waals surface area contributed by atoms with Gasteiger partial charge in [-0.25, -0.2) is 4.73 Å². The van der Waals surface area contributed by atoms with Crippen LogP contribution in [0.2, 0.25) is 0 Å². The van der Waals surface area contributed by atoms with Crippen LogP contribution in [0.3, 0.4) is 0 Å². The summed E-state index contributed by atoms with van der Waals surface area (Å²) in [5.74, 6) is 0. The summed E-state index contributed by atoms with van der Waals surface area (Å²) in [6.07, 6.45) is 1.74. The lowest BCUT2D eigenvalue weighted by Gasteiger charge is -2.12. The second kappa shape index (κ2) is 4.72. The second-order valence-corrected chi connectivity index (χ2v) is 6.57. The smallest absolute Gasteiger partial charge is 0.421 e. The zero-order valence-corrected chi connectivity index (χ0v) is 13.7. The molecule has 124 valence electrons. The van der Waals surface area contributed by atoms with Crippen molar-refractivity contribution in [2.24, 2.45) is 0 Å². The highest BCUT2D eigenvalue weighted by Gasteiger charge is 2.40.